The molecule has 0 bridgehead atoms. The first kappa shape index (κ1) is 32.0. The minimum Gasteiger partial charge on any atom is -0.456 e. The summed E-state index contributed by atoms with van der Waals surface area (Å²) in [5, 5.41) is 9.71. The fourth-order valence-electron chi connectivity index (χ4n) is 9.43. The second-order valence-corrected chi connectivity index (χ2v) is 18.5. The molecular weight excluding hydrogens is 711 g/mol. The Morgan fingerprint density at radius 3 is 1.82 bits per heavy atom. The van der Waals surface area contributed by atoms with Crippen LogP contribution in [0.1, 0.15) is 0 Å². The van der Waals surface area contributed by atoms with Gasteiger partial charge in [-0.2, -0.15) is 0 Å². The minimum atomic E-state index is -2.87. The molecule has 0 unspecified atom stereocenters. The quantitative estimate of drug-likeness (QED) is 0.165. The van der Waals surface area contributed by atoms with E-state index in [1.807, 2.05) is 18.2 Å². The van der Waals surface area contributed by atoms with E-state index in [0.29, 0.717) is 0 Å². The van der Waals surface area contributed by atoms with Crippen molar-refractivity contribution in [3.8, 4) is 39.5 Å². The number of aromatic nitrogens is 3. The van der Waals surface area contributed by atoms with Crippen LogP contribution in [0.2, 0.25) is 0 Å². The molecule has 4 nitrogen and oxygen atoms in total. The van der Waals surface area contributed by atoms with Crippen LogP contribution in [0.25, 0.3) is 83.2 Å². The van der Waals surface area contributed by atoms with Crippen molar-refractivity contribution in [1.82, 2.24) is 14.5 Å². The molecule has 266 valence electrons. The van der Waals surface area contributed by atoms with Gasteiger partial charge in [-0.05, 0) is 57.5 Å². The van der Waals surface area contributed by atoms with E-state index >= 15 is 0 Å². The van der Waals surface area contributed by atoms with Crippen molar-refractivity contribution in [3.63, 3.8) is 0 Å². The predicted molar refractivity (Wildman–Crippen MR) is 237 cm³/mol. The first-order valence-electron chi connectivity index (χ1n) is 19.4. The topological polar surface area (TPSA) is 43.9 Å². The molecule has 1 aliphatic heterocycles. The number of para-hydroxylation sites is 2. The molecule has 0 atom stereocenters. The molecule has 0 radical (unpaired) electrons. The Labute approximate surface area is 330 Å². The highest BCUT2D eigenvalue weighted by molar-refractivity contribution is 7.21. The molecule has 57 heavy (non-hydrogen) atoms. The van der Waals surface area contributed by atoms with Gasteiger partial charge >= 0.3 is 0 Å². The average molecular weight is 744 g/mol. The van der Waals surface area contributed by atoms with Gasteiger partial charge in [-0.25, -0.2) is 9.97 Å². The first-order valence-corrected chi connectivity index (χ1v) is 21.4. The van der Waals surface area contributed by atoms with Crippen molar-refractivity contribution in [2.24, 2.45) is 0 Å². The van der Waals surface area contributed by atoms with Gasteiger partial charge in [-0.3, -0.25) is 0 Å². The van der Waals surface area contributed by atoms with Crippen LogP contribution >= 0.6 is 0 Å². The number of hydrogen-bond donors (Lipinski definition) is 0. The van der Waals surface area contributed by atoms with E-state index in [0.717, 1.165) is 72.2 Å². The number of furan rings is 1. The van der Waals surface area contributed by atoms with E-state index in [1.54, 1.807) is 0 Å². The zero-order valence-corrected chi connectivity index (χ0v) is 31.8. The zero-order chi connectivity index (χ0) is 37.5. The van der Waals surface area contributed by atoms with Crippen molar-refractivity contribution >= 4 is 72.7 Å². The summed E-state index contributed by atoms with van der Waals surface area (Å²) in [6.07, 6.45) is 0. The Kier molecular flexibility index (Phi) is 6.91. The van der Waals surface area contributed by atoms with E-state index in [1.165, 1.54) is 31.9 Å². The highest BCUT2D eigenvalue weighted by Crippen LogP contribution is 2.40. The van der Waals surface area contributed by atoms with Gasteiger partial charge < -0.3 is 8.98 Å². The Hall–Kier alpha value is -7.34. The van der Waals surface area contributed by atoms with Crippen LogP contribution in [-0.2, 0) is 0 Å². The summed E-state index contributed by atoms with van der Waals surface area (Å²) in [6.45, 7) is 0. The Morgan fingerprint density at radius 1 is 0.439 bits per heavy atom. The fraction of sp³-hybridized carbons (Fsp3) is 0. The van der Waals surface area contributed by atoms with Gasteiger partial charge in [0, 0.05) is 43.9 Å². The molecule has 0 saturated carbocycles. The molecule has 5 heteroatoms. The smallest absolute Gasteiger partial charge is 0.203 e. The summed E-state index contributed by atoms with van der Waals surface area (Å²) in [5.41, 5.74) is 10.5. The van der Waals surface area contributed by atoms with Gasteiger partial charge in [0.15, 0.2) is 5.82 Å². The SMILES string of the molecule is c1ccc(-c2nc(-c3ccc(-n4c5ccccc5c5cc6oc7ccccc7c6cc54)cc3)c3c(n2)[Si](c2ccccc2)(c2ccccc2)c2ccccc2-3)cc1. The van der Waals surface area contributed by atoms with E-state index in [-0.39, 0.29) is 0 Å². The molecule has 0 fully saturated rings. The van der Waals surface area contributed by atoms with Crippen molar-refractivity contribution in [2.75, 3.05) is 0 Å². The summed E-state index contributed by atoms with van der Waals surface area (Å²) in [5.74, 6) is 0.740. The summed E-state index contributed by atoms with van der Waals surface area (Å²) < 4.78 is 8.73. The lowest BCUT2D eigenvalue weighted by molar-refractivity contribution is 0.669. The largest absolute Gasteiger partial charge is 0.456 e. The summed E-state index contributed by atoms with van der Waals surface area (Å²) in [7, 11) is -2.87. The van der Waals surface area contributed by atoms with Gasteiger partial charge in [-0.1, -0.05) is 164 Å². The van der Waals surface area contributed by atoms with Crippen molar-refractivity contribution in [3.05, 3.63) is 200 Å². The summed E-state index contributed by atoms with van der Waals surface area (Å²) >= 11 is 0. The van der Waals surface area contributed by atoms with Crippen LogP contribution < -0.4 is 20.9 Å². The Balaban J connectivity index is 1.12. The average Bonchev–Trinajstić information content (AvgIpc) is 3.92. The lowest BCUT2D eigenvalue weighted by atomic mass is 10.00. The molecule has 0 saturated heterocycles. The normalized spacial score (nSPS) is 13.1. The van der Waals surface area contributed by atoms with Gasteiger partial charge in [0.05, 0.1) is 22.0 Å². The third kappa shape index (κ3) is 4.61. The minimum absolute atomic E-state index is 0.740. The molecular formula is C52H33N3OSi. The van der Waals surface area contributed by atoms with Crippen molar-refractivity contribution in [1.29, 1.82) is 0 Å². The standard InChI is InChI=1S/C52H33N3OSi/c1-4-16-35(17-5-1)51-53-50(49-41-24-12-15-27-48(41)57(52(49)54-51,37-18-6-2-7-19-37)38-20-8-3-9-21-38)34-28-30-36(31-29-34)55-44-25-13-10-22-39(44)42-33-47-43(32-45(42)55)40-23-11-14-26-46(40)56-47/h1-33H. The fourth-order valence-corrected chi connectivity index (χ4v) is 14.4. The first-order chi connectivity index (χ1) is 28.3. The van der Waals surface area contributed by atoms with Gasteiger partial charge in [0.1, 0.15) is 11.2 Å². The molecule has 4 heterocycles. The zero-order valence-electron chi connectivity index (χ0n) is 30.8. The lowest BCUT2D eigenvalue weighted by Crippen LogP contribution is -2.73. The maximum Gasteiger partial charge on any atom is 0.203 e. The van der Waals surface area contributed by atoms with Crippen LogP contribution in [0.4, 0.5) is 0 Å². The molecule has 0 amide bonds. The van der Waals surface area contributed by atoms with Crippen LogP contribution in [0.5, 0.6) is 0 Å². The molecule has 8 aromatic carbocycles. The number of nitrogens with zero attached hydrogens (tertiary/aromatic N) is 3. The number of rotatable bonds is 5. The van der Waals surface area contributed by atoms with Gasteiger partial charge in [0.25, 0.3) is 0 Å². The molecule has 1 aliphatic rings. The lowest BCUT2D eigenvalue weighted by Gasteiger charge is -2.30. The molecule has 11 aromatic rings. The van der Waals surface area contributed by atoms with Crippen molar-refractivity contribution in [2.45, 2.75) is 0 Å². The summed E-state index contributed by atoms with van der Waals surface area (Å²) in [6, 6.07) is 71.9. The molecule has 0 aliphatic carbocycles. The highest BCUT2D eigenvalue weighted by atomic mass is 28.3. The third-order valence-electron chi connectivity index (χ3n) is 11.9. The molecule has 0 spiro atoms. The van der Waals surface area contributed by atoms with Gasteiger partial charge in [-0.15, -0.1) is 0 Å². The highest BCUT2D eigenvalue weighted by Gasteiger charge is 2.51. The van der Waals surface area contributed by atoms with E-state index in [4.69, 9.17) is 14.4 Å². The van der Waals surface area contributed by atoms with E-state index < -0.39 is 8.07 Å². The summed E-state index contributed by atoms with van der Waals surface area (Å²) in [4.78, 5) is 11.1. The van der Waals surface area contributed by atoms with Crippen LogP contribution in [0.3, 0.4) is 0 Å². The monoisotopic (exact) mass is 743 g/mol. The van der Waals surface area contributed by atoms with Crippen LogP contribution in [-0.4, -0.2) is 22.6 Å². The molecule has 0 N–H and O–H groups in total. The van der Waals surface area contributed by atoms with Crippen LogP contribution in [0.15, 0.2) is 205 Å². The molecule has 3 aromatic heterocycles. The Morgan fingerprint density at radius 2 is 1.07 bits per heavy atom. The Bertz CT molecular complexity index is 3300. The third-order valence-corrected chi connectivity index (χ3v) is 16.6. The van der Waals surface area contributed by atoms with Crippen LogP contribution in [0, 0.1) is 0 Å². The van der Waals surface area contributed by atoms with E-state index in [2.05, 4.69) is 187 Å². The number of fused-ring (bicyclic) bond motifs is 9. The second-order valence-electron chi connectivity index (χ2n) is 14.9. The van der Waals surface area contributed by atoms with Gasteiger partial charge in [0.2, 0.25) is 8.07 Å². The maximum atomic E-state index is 6.34. The second kappa shape index (κ2) is 12.3. The number of hydrogen-bond acceptors (Lipinski definition) is 3. The maximum absolute atomic E-state index is 6.34. The number of benzene rings is 8. The predicted octanol–water partition coefficient (Wildman–Crippen LogP) is 10.2. The molecule has 12 rings (SSSR count). The van der Waals surface area contributed by atoms with Crippen molar-refractivity contribution < 1.29 is 4.42 Å². The van der Waals surface area contributed by atoms with E-state index in [9.17, 15) is 0 Å².